The van der Waals surface area contributed by atoms with Crippen molar-refractivity contribution in [2.24, 2.45) is 5.92 Å². The minimum absolute atomic E-state index is 0.0477. The van der Waals surface area contributed by atoms with Crippen LogP contribution in [0.4, 0.5) is 26.3 Å². The van der Waals surface area contributed by atoms with Crippen molar-refractivity contribution in [3.63, 3.8) is 0 Å². The van der Waals surface area contributed by atoms with E-state index in [1.54, 1.807) is 0 Å². The summed E-state index contributed by atoms with van der Waals surface area (Å²) in [7, 11) is -11.7. The second-order valence-electron chi connectivity index (χ2n) is 8.84. The Balaban J connectivity index is 1.54. The van der Waals surface area contributed by atoms with E-state index in [1.807, 2.05) is 0 Å². The summed E-state index contributed by atoms with van der Waals surface area (Å²) in [5, 5.41) is 3.17. The smallest absolute Gasteiger partial charge is 0.376 e. The van der Waals surface area contributed by atoms with Gasteiger partial charge >= 0.3 is 31.2 Å². The van der Waals surface area contributed by atoms with Crippen molar-refractivity contribution >= 4 is 49.3 Å². The largest absolute Gasteiger partial charge is 0.534 e. The van der Waals surface area contributed by atoms with Crippen LogP contribution < -0.4 is 4.18 Å². The molecule has 0 bridgehead atoms. The summed E-state index contributed by atoms with van der Waals surface area (Å²) in [5.41, 5.74) is -10.8. The van der Waals surface area contributed by atoms with Crippen molar-refractivity contribution in [2.75, 3.05) is 6.54 Å². The molecule has 0 N–H and O–H groups in total. The summed E-state index contributed by atoms with van der Waals surface area (Å²) in [5.74, 6) is -1.96. The number of alkyl halides is 6. The number of hydrogen-bond acceptors (Lipinski definition) is 7. The lowest BCUT2D eigenvalue weighted by molar-refractivity contribution is -0.133. The molecule has 4 rings (SSSR count). The van der Waals surface area contributed by atoms with Gasteiger partial charge in [-0.25, -0.2) is 0 Å². The van der Waals surface area contributed by atoms with Crippen molar-refractivity contribution in [2.45, 2.75) is 49.2 Å². The van der Waals surface area contributed by atoms with Crippen molar-refractivity contribution in [1.29, 1.82) is 0 Å². The first-order valence-corrected chi connectivity index (χ1v) is 14.6. The molecule has 1 aliphatic heterocycles. The SMILES string of the molecule is O=C1C(Cc2c(Cl)cc(OS(=O)(=O)C(F)(F)F)cc2Cl)CCN1[C@@H]1CCCc2cn(S(=O)(=O)C(F)(F)F)nc21. The lowest BCUT2D eigenvalue weighted by Gasteiger charge is -2.30. The Labute approximate surface area is 227 Å². The van der Waals surface area contributed by atoms with E-state index in [0.29, 0.717) is 12.8 Å². The summed E-state index contributed by atoms with van der Waals surface area (Å²) in [4.78, 5) is 14.6. The number of nitrogens with zero attached hydrogens (tertiary/aromatic N) is 3. The molecule has 0 radical (unpaired) electrons. The number of benzene rings is 1. The third-order valence-electron chi connectivity index (χ3n) is 6.36. The van der Waals surface area contributed by atoms with Crippen LogP contribution in [-0.4, -0.2) is 54.4 Å². The average Bonchev–Trinajstić information content (AvgIpc) is 3.38. The fraction of sp³-hybridized carbons (Fsp3) is 0.500. The summed E-state index contributed by atoms with van der Waals surface area (Å²) in [6, 6.07) is 0.847. The third-order valence-corrected chi connectivity index (χ3v) is 9.28. The fourth-order valence-electron chi connectivity index (χ4n) is 4.53. The number of hydrogen-bond donors (Lipinski definition) is 0. The minimum atomic E-state index is -5.97. The molecule has 1 fully saturated rings. The third kappa shape index (κ3) is 5.54. The Morgan fingerprint density at radius 2 is 1.62 bits per heavy atom. The van der Waals surface area contributed by atoms with Crippen molar-refractivity contribution < 1.29 is 52.2 Å². The number of aromatic nitrogens is 2. The van der Waals surface area contributed by atoms with E-state index in [9.17, 15) is 48.0 Å². The molecular weight excluding hydrogens is 627 g/mol. The molecule has 2 atom stereocenters. The molecule has 1 aromatic heterocycles. The number of likely N-dealkylation sites (tertiary alicyclic amines) is 1. The molecule has 19 heteroatoms. The first-order valence-electron chi connectivity index (χ1n) is 11.0. The summed E-state index contributed by atoms with van der Waals surface area (Å²) in [6.07, 6.45) is 2.02. The van der Waals surface area contributed by atoms with Crippen molar-refractivity contribution in [1.82, 2.24) is 14.1 Å². The lowest BCUT2D eigenvalue weighted by Crippen LogP contribution is -2.35. The van der Waals surface area contributed by atoms with Crippen LogP contribution in [0.3, 0.4) is 0 Å². The lowest BCUT2D eigenvalue weighted by atomic mass is 9.92. The number of carbonyl (C=O) groups excluding carboxylic acids is 1. The van der Waals surface area contributed by atoms with Crippen molar-refractivity contribution in [3.05, 3.63) is 45.2 Å². The van der Waals surface area contributed by atoms with Gasteiger partial charge in [0.2, 0.25) is 5.91 Å². The zero-order valence-electron chi connectivity index (χ0n) is 19.3. The highest BCUT2D eigenvalue weighted by Gasteiger charge is 2.50. The topological polar surface area (TPSA) is 116 Å². The van der Waals surface area contributed by atoms with Gasteiger partial charge in [-0.15, -0.1) is 0 Å². The van der Waals surface area contributed by atoms with E-state index in [2.05, 4.69) is 9.28 Å². The second kappa shape index (κ2) is 9.99. The molecule has 0 spiro atoms. The number of fused-ring (bicyclic) bond motifs is 1. The maximum absolute atomic E-state index is 13.2. The number of amides is 1. The molecule has 39 heavy (non-hydrogen) atoms. The van der Waals surface area contributed by atoms with Crippen LogP contribution in [0.1, 0.15) is 42.1 Å². The van der Waals surface area contributed by atoms with Crippen LogP contribution in [0.15, 0.2) is 18.3 Å². The summed E-state index contributed by atoms with van der Waals surface area (Å²) < 4.78 is 127. The Bertz CT molecular complexity index is 1500. The average molecular weight is 644 g/mol. The van der Waals surface area contributed by atoms with Gasteiger partial charge in [0.05, 0.1) is 11.7 Å². The zero-order chi connectivity index (χ0) is 29.1. The van der Waals surface area contributed by atoms with Gasteiger partial charge in [0.1, 0.15) is 5.75 Å². The van der Waals surface area contributed by atoms with Gasteiger partial charge in [-0.2, -0.15) is 52.4 Å². The van der Waals surface area contributed by atoms with Gasteiger partial charge in [0, 0.05) is 40.8 Å². The Kier molecular flexibility index (Phi) is 7.62. The van der Waals surface area contributed by atoms with E-state index >= 15 is 0 Å². The van der Waals surface area contributed by atoms with Crippen molar-refractivity contribution in [3.8, 4) is 5.75 Å². The summed E-state index contributed by atoms with van der Waals surface area (Å²) >= 11 is 12.2. The standard InChI is InChI=1S/C20H17Cl2F6N3O6S2/c21-14-7-12(37-39(35,36)20(26,27)28)8-15(22)13(14)6-10-4-5-30(18(10)32)16-3-1-2-11-9-31(29-17(11)16)38(33,34)19(23,24)25/h7-10,16H,1-6H2/t10?,16-/m1/s1. The maximum Gasteiger partial charge on any atom is 0.534 e. The van der Waals surface area contributed by atoms with Crippen LogP contribution in [0.25, 0.3) is 0 Å². The molecule has 2 aromatic rings. The maximum atomic E-state index is 13.2. The number of carbonyl (C=O) groups is 1. The molecule has 2 heterocycles. The number of halogens is 8. The molecule has 216 valence electrons. The highest BCUT2D eigenvalue weighted by Crippen LogP contribution is 2.41. The second-order valence-corrected chi connectivity index (χ2v) is 13.0. The van der Waals surface area contributed by atoms with E-state index in [1.165, 1.54) is 4.90 Å². The van der Waals surface area contributed by atoms with Crippen LogP contribution in [0.2, 0.25) is 10.0 Å². The van der Waals surface area contributed by atoms with E-state index in [0.717, 1.165) is 18.3 Å². The van der Waals surface area contributed by atoms with Crippen LogP contribution in [-0.2, 0) is 37.8 Å². The fourth-order valence-corrected chi connectivity index (χ4v) is 6.27. The first kappa shape index (κ1) is 29.7. The molecule has 1 aliphatic carbocycles. The predicted octanol–water partition coefficient (Wildman–Crippen LogP) is 4.58. The Morgan fingerprint density at radius 3 is 2.18 bits per heavy atom. The quantitative estimate of drug-likeness (QED) is 0.257. The predicted molar refractivity (Wildman–Crippen MR) is 124 cm³/mol. The molecule has 1 saturated heterocycles. The van der Waals surface area contributed by atoms with Crippen LogP contribution in [0, 0.1) is 5.92 Å². The number of aryl methyl sites for hydroxylation is 1. The van der Waals surface area contributed by atoms with E-state index < -0.39 is 54.8 Å². The Hall–Kier alpha value is -2.24. The van der Waals surface area contributed by atoms with Gasteiger partial charge in [0.15, 0.2) is 0 Å². The van der Waals surface area contributed by atoms with Gasteiger partial charge in [-0.05, 0) is 43.2 Å². The molecule has 0 saturated carbocycles. The van der Waals surface area contributed by atoms with Crippen LogP contribution >= 0.6 is 23.2 Å². The minimum Gasteiger partial charge on any atom is -0.376 e. The van der Waals surface area contributed by atoms with Gasteiger partial charge < -0.3 is 9.08 Å². The summed E-state index contributed by atoms with van der Waals surface area (Å²) in [6.45, 7) is 0.159. The monoisotopic (exact) mass is 643 g/mol. The molecule has 1 aromatic carbocycles. The highest BCUT2D eigenvalue weighted by atomic mass is 35.5. The molecule has 2 aliphatic rings. The van der Waals surface area contributed by atoms with E-state index in [-0.39, 0.29) is 56.8 Å². The first-order chi connectivity index (χ1) is 17.8. The zero-order valence-corrected chi connectivity index (χ0v) is 22.4. The van der Waals surface area contributed by atoms with Crippen LogP contribution in [0.5, 0.6) is 5.75 Å². The Morgan fingerprint density at radius 1 is 1.00 bits per heavy atom. The van der Waals surface area contributed by atoms with E-state index in [4.69, 9.17) is 23.2 Å². The molecule has 9 nitrogen and oxygen atoms in total. The van der Waals surface area contributed by atoms with Gasteiger partial charge in [-0.1, -0.05) is 23.2 Å². The molecule has 1 unspecified atom stereocenters. The van der Waals surface area contributed by atoms with Gasteiger partial charge in [0.25, 0.3) is 0 Å². The number of rotatable bonds is 6. The molecule has 1 amide bonds. The molecular formula is C20H17Cl2F6N3O6S2. The van der Waals surface area contributed by atoms with Gasteiger partial charge in [-0.3, -0.25) is 4.79 Å². The normalized spacial score (nSPS) is 20.8. The highest BCUT2D eigenvalue weighted by molar-refractivity contribution is 7.90.